The summed E-state index contributed by atoms with van der Waals surface area (Å²) in [6, 6.07) is 2.16. The number of allylic oxidation sites excluding steroid dienone is 1. The quantitative estimate of drug-likeness (QED) is 0.268. The molecule has 0 bridgehead atoms. The Morgan fingerprint density at radius 2 is 1.85 bits per heavy atom. The number of Topliss-reactive ketones (excluding diaryl/α,β-unsaturated/α-hetero) is 2. The number of ether oxygens (including phenoxy) is 1. The second kappa shape index (κ2) is 10.1. The number of carbonyl (C=O) groups excluding carboxylic acids is 3. The Morgan fingerprint density at radius 1 is 1.12 bits per heavy atom. The van der Waals surface area contributed by atoms with Crippen LogP contribution in [0.5, 0.6) is 5.75 Å². The summed E-state index contributed by atoms with van der Waals surface area (Å²) in [5.74, 6) is -5.72. The number of fused-ring (bicyclic) bond motifs is 3. The van der Waals surface area contributed by atoms with Crippen LogP contribution >= 0.6 is 0 Å². The Bertz CT molecular complexity index is 1510. The van der Waals surface area contributed by atoms with Gasteiger partial charge in [0.05, 0.1) is 23.2 Å². The number of carbonyl (C=O) groups is 3. The number of phenols is 1. The van der Waals surface area contributed by atoms with Crippen LogP contribution < -0.4 is 11.1 Å². The fraction of sp³-hybridized carbons (Fsp3) is 0.467. The largest absolute Gasteiger partial charge is 0.510 e. The number of benzene rings is 1. The van der Waals surface area contributed by atoms with E-state index in [2.05, 4.69) is 10.3 Å². The van der Waals surface area contributed by atoms with Crippen molar-refractivity contribution in [3.8, 4) is 17.2 Å². The molecular weight excluding hydrogens is 530 g/mol. The molecule has 3 aliphatic carbocycles. The molecule has 2 aromatic rings. The van der Waals surface area contributed by atoms with Crippen molar-refractivity contribution >= 4 is 23.2 Å². The Morgan fingerprint density at radius 3 is 2.51 bits per heavy atom. The third-order valence-corrected chi connectivity index (χ3v) is 8.91. The smallest absolute Gasteiger partial charge is 0.255 e. The molecule has 216 valence electrons. The number of nitrogens with zero attached hydrogens (tertiary/aromatic N) is 1. The van der Waals surface area contributed by atoms with Gasteiger partial charge in [0.2, 0.25) is 5.89 Å². The molecule has 41 heavy (non-hydrogen) atoms. The van der Waals surface area contributed by atoms with Gasteiger partial charge in [-0.25, -0.2) is 4.98 Å². The third-order valence-electron chi connectivity index (χ3n) is 8.91. The highest BCUT2D eigenvalue weighted by atomic mass is 16.5. The lowest BCUT2D eigenvalue weighted by Crippen LogP contribution is -2.58. The molecule has 0 spiro atoms. The number of hydrogen-bond donors (Lipinski definition) is 5. The lowest BCUT2D eigenvalue weighted by atomic mass is 9.59. The van der Waals surface area contributed by atoms with Crippen molar-refractivity contribution in [1.29, 1.82) is 0 Å². The third kappa shape index (κ3) is 4.34. The van der Waals surface area contributed by atoms with Gasteiger partial charge in [-0.05, 0) is 61.1 Å². The summed E-state index contributed by atoms with van der Waals surface area (Å²) in [4.78, 5) is 44.4. The van der Waals surface area contributed by atoms with Crippen molar-refractivity contribution in [2.24, 2.45) is 23.5 Å². The van der Waals surface area contributed by atoms with Crippen LogP contribution in [0.4, 0.5) is 0 Å². The van der Waals surface area contributed by atoms with E-state index in [0.717, 1.165) is 5.69 Å². The van der Waals surface area contributed by atoms with Gasteiger partial charge in [0.15, 0.2) is 11.6 Å². The van der Waals surface area contributed by atoms with Crippen LogP contribution in [0.3, 0.4) is 0 Å². The molecule has 2 heterocycles. The van der Waals surface area contributed by atoms with E-state index in [1.54, 1.807) is 12.3 Å². The fourth-order valence-corrected chi connectivity index (χ4v) is 6.86. The summed E-state index contributed by atoms with van der Waals surface area (Å²) < 4.78 is 11.2. The lowest BCUT2D eigenvalue weighted by Gasteiger charge is -2.45. The number of amides is 1. The molecule has 2 fully saturated rings. The predicted octanol–water partition coefficient (Wildman–Crippen LogP) is 2.83. The summed E-state index contributed by atoms with van der Waals surface area (Å²) >= 11 is 0. The summed E-state index contributed by atoms with van der Waals surface area (Å²) in [6.45, 7) is 5.02. The first kappa shape index (κ1) is 27.2. The number of hydrogen-bond acceptors (Lipinski definition) is 10. The molecule has 1 saturated heterocycles. The van der Waals surface area contributed by atoms with E-state index in [4.69, 9.17) is 14.9 Å². The van der Waals surface area contributed by atoms with Crippen molar-refractivity contribution in [1.82, 2.24) is 10.3 Å². The molecule has 4 aliphatic rings. The number of aliphatic hydroxyl groups is 2. The summed E-state index contributed by atoms with van der Waals surface area (Å²) in [5.41, 5.74) is 6.95. The van der Waals surface area contributed by atoms with Crippen molar-refractivity contribution < 1.29 is 38.9 Å². The number of nitrogens with two attached hydrogens (primary N) is 1. The molecule has 0 unspecified atom stereocenters. The van der Waals surface area contributed by atoms with Crippen molar-refractivity contribution in [3.63, 3.8) is 0 Å². The van der Waals surface area contributed by atoms with Crippen LogP contribution in [0.15, 0.2) is 39.7 Å². The number of nitrogens with one attached hydrogen (secondary N) is 1. The lowest BCUT2D eigenvalue weighted by molar-refractivity contribution is -0.136. The first-order valence-corrected chi connectivity index (χ1v) is 14.0. The zero-order valence-electron chi connectivity index (χ0n) is 22.8. The van der Waals surface area contributed by atoms with Gasteiger partial charge >= 0.3 is 0 Å². The second-order valence-corrected chi connectivity index (χ2v) is 11.6. The highest BCUT2D eigenvalue weighted by molar-refractivity contribution is 6.28. The van der Waals surface area contributed by atoms with E-state index in [-0.39, 0.29) is 41.7 Å². The summed E-state index contributed by atoms with van der Waals surface area (Å²) in [6.07, 6.45) is 3.42. The first-order chi connectivity index (χ1) is 19.6. The molecule has 1 aromatic carbocycles. The average Bonchev–Trinajstić information content (AvgIpc) is 3.42. The number of oxazole rings is 1. The summed E-state index contributed by atoms with van der Waals surface area (Å²) in [5, 5.41) is 36.8. The molecule has 6 N–H and O–H groups in total. The molecular formula is C30H33N3O8. The summed E-state index contributed by atoms with van der Waals surface area (Å²) in [7, 11) is 0. The van der Waals surface area contributed by atoms with Crippen LogP contribution in [0.2, 0.25) is 0 Å². The minimum Gasteiger partial charge on any atom is -0.510 e. The molecule has 6 rings (SSSR count). The van der Waals surface area contributed by atoms with Crippen molar-refractivity contribution in [3.05, 3.63) is 52.1 Å². The number of ketones is 2. The molecule has 11 nitrogen and oxygen atoms in total. The van der Waals surface area contributed by atoms with Gasteiger partial charge in [-0.1, -0.05) is 13.8 Å². The van der Waals surface area contributed by atoms with Gasteiger partial charge in [-0.15, -0.1) is 0 Å². The molecule has 1 saturated carbocycles. The van der Waals surface area contributed by atoms with Crippen LogP contribution in [-0.4, -0.2) is 63.1 Å². The number of rotatable bonds is 5. The first-order valence-electron chi connectivity index (χ1n) is 14.0. The minimum absolute atomic E-state index is 0.0323. The number of aliphatic hydroxyl groups excluding tert-OH is 2. The van der Waals surface area contributed by atoms with E-state index in [1.165, 1.54) is 6.07 Å². The van der Waals surface area contributed by atoms with E-state index in [0.29, 0.717) is 43.1 Å². The van der Waals surface area contributed by atoms with Crippen LogP contribution in [0.1, 0.15) is 55.8 Å². The van der Waals surface area contributed by atoms with Gasteiger partial charge < -0.3 is 35.5 Å². The minimum atomic E-state index is -1.31. The Kier molecular flexibility index (Phi) is 6.74. The number of aromatic hydroxyl groups is 1. The van der Waals surface area contributed by atoms with Gasteiger partial charge in [-0.3, -0.25) is 14.4 Å². The monoisotopic (exact) mass is 563 g/mol. The second-order valence-electron chi connectivity index (χ2n) is 11.6. The standard InChI is InChI=1S/C30H33N3O8/c1-12(2)18-11-41-30(33-18)15-3-4-19(34)21-16(15)9-13-10-17-22(26(36)20(13)25(21)35)27(37)23(29(31)39)28(38)24(17)32-14-5-7-40-8-6-14/h3-4,11-14,17,22,24,32,34-35,38H,5-10H2,1-2H3,(H2,31,39)/t13-,17+,22+,24+/m0/s1. The number of aromatic nitrogens is 1. The molecule has 1 aromatic heterocycles. The maximum absolute atomic E-state index is 14.0. The zero-order chi connectivity index (χ0) is 29.2. The number of primary amides is 1. The normalized spacial score (nSPS) is 26.7. The van der Waals surface area contributed by atoms with E-state index < -0.39 is 58.4 Å². The Balaban J connectivity index is 1.44. The van der Waals surface area contributed by atoms with Crippen molar-refractivity contribution in [2.75, 3.05) is 13.2 Å². The van der Waals surface area contributed by atoms with Gasteiger partial charge in [0.25, 0.3) is 5.91 Å². The SMILES string of the molecule is CC(C)c1coc(-c2ccc(O)c3c2C[C@H]2C[C@@H]4[C@@H](C(=O)C(C(N)=O)=C(O)[C@@H]4NC4CCOCC4)C(=O)C2=C3O)n1. The predicted molar refractivity (Wildman–Crippen MR) is 146 cm³/mol. The molecule has 11 heteroatoms. The van der Waals surface area contributed by atoms with Gasteiger partial charge in [0.1, 0.15) is 29.1 Å². The van der Waals surface area contributed by atoms with E-state index >= 15 is 0 Å². The van der Waals surface area contributed by atoms with Crippen LogP contribution in [-0.2, 0) is 25.5 Å². The molecule has 1 amide bonds. The van der Waals surface area contributed by atoms with Crippen molar-refractivity contribution in [2.45, 2.75) is 57.5 Å². The maximum Gasteiger partial charge on any atom is 0.255 e. The van der Waals surface area contributed by atoms with Gasteiger partial charge in [0, 0.05) is 30.4 Å². The molecule has 1 aliphatic heterocycles. The van der Waals surface area contributed by atoms with Crippen LogP contribution in [0.25, 0.3) is 17.2 Å². The Hall–Kier alpha value is -3.96. The van der Waals surface area contributed by atoms with Crippen LogP contribution in [0, 0.1) is 17.8 Å². The zero-order valence-corrected chi connectivity index (χ0v) is 22.8. The molecule has 0 radical (unpaired) electrons. The average molecular weight is 564 g/mol. The fourth-order valence-electron chi connectivity index (χ4n) is 6.86. The van der Waals surface area contributed by atoms with E-state index in [1.807, 2.05) is 13.8 Å². The highest BCUT2D eigenvalue weighted by Crippen LogP contribution is 2.51. The highest BCUT2D eigenvalue weighted by Gasteiger charge is 2.55. The molecule has 4 atom stereocenters. The van der Waals surface area contributed by atoms with Gasteiger partial charge in [-0.2, -0.15) is 0 Å². The maximum atomic E-state index is 14.0. The van der Waals surface area contributed by atoms with E-state index in [9.17, 15) is 29.7 Å². The Labute approximate surface area is 236 Å². The number of phenolic OH excluding ortho intramolecular Hbond substituents is 1. The topological polar surface area (TPSA) is 185 Å².